The number of carbonyl (C=O) groups is 1. The first-order chi connectivity index (χ1) is 12.0. The Kier molecular flexibility index (Phi) is 4.95. The molecule has 3 aromatic rings. The summed E-state index contributed by atoms with van der Waals surface area (Å²) in [7, 11) is 0. The minimum Gasteiger partial charge on any atom is -0.425 e. The van der Waals surface area contributed by atoms with Gasteiger partial charge in [-0.3, -0.25) is 14.3 Å². The standard InChI is InChI=1S/C18H13BrN2O4/c19-14-5-1-12(2-6-14)13-3-7-15(8-4-13)25-17(23)11-21-10-9-16(22)20-18(21)24/h1-10H,11H2,(H,20,22,24). The molecule has 0 saturated heterocycles. The lowest BCUT2D eigenvalue weighted by molar-refractivity contribution is -0.135. The first-order valence-electron chi connectivity index (χ1n) is 7.38. The second-order valence-corrected chi connectivity index (χ2v) is 6.16. The molecule has 0 aliphatic carbocycles. The second kappa shape index (κ2) is 7.31. The molecule has 0 radical (unpaired) electrons. The maximum Gasteiger partial charge on any atom is 0.331 e. The van der Waals surface area contributed by atoms with E-state index in [1.807, 2.05) is 36.4 Å². The Morgan fingerprint density at radius 2 is 1.56 bits per heavy atom. The summed E-state index contributed by atoms with van der Waals surface area (Å²) in [6, 6.07) is 16.1. The molecule has 0 unspecified atom stereocenters. The largest absolute Gasteiger partial charge is 0.425 e. The molecule has 7 heteroatoms. The molecule has 6 nitrogen and oxygen atoms in total. The van der Waals surface area contributed by atoms with E-state index in [-0.39, 0.29) is 6.54 Å². The predicted molar refractivity (Wildman–Crippen MR) is 96.5 cm³/mol. The van der Waals surface area contributed by atoms with Crippen LogP contribution in [-0.4, -0.2) is 15.5 Å². The molecule has 0 aliphatic rings. The summed E-state index contributed by atoms with van der Waals surface area (Å²) >= 11 is 3.39. The Balaban J connectivity index is 1.68. The Hall–Kier alpha value is -2.93. The third kappa shape index (κ3) is 4.33. The highest BCUT2D eigenvalue weighted by molar-refractivity contribution is 9.10. The van der Waals surface area contributed by atoms with E-state index < -0.39 is 17.2 Å². The molecule has 0 spiro atoms. The molecule has 0 fully saturated rings. The van der Waals surface area contributed by atoms with Crippen molar-refractivity contribution in [2.45, 2.75) is 6.54 Å². The number of nitrogens with one attached hydrogen (secondary N) is 1. The molecule has 1 heterocycles. The van der Waals surface area contributed by atoms with Gasteiger partial charge in [-0.2, -0.15) is 0 Å². The highest BCUT2D eigenvalue weighted by atomic mass is 79.9. The van der Waals surface area contributed by atoms with Crippen molar-refractivity contribution < 1.29 is 9.53 Å². The lowest BCUT2D eigenvalue weighted by Crippen LogP contribution is -2.32. The van der Waals surface area contributed by atoms with Crippen LogP contribution < -0.4 is 16.0 Å². The lowest BCUT2D eigenvalue weighted by Gasteiger charge is -2.07. The van der Waals surface area contributed by atoms with Gasteiger partial charge in [-0.25, -0.2) is 9.59 Å². The van der Waals surface area contributed by atoms with Gasteiger partial charge in [0.1, 0.15) is 12.3 Å². The van der Waals surface area contributed by atoms with Gasteiger partial charge < -0.3 is 4.74 Å². The van der Waals surface area contributed by atoms with E-state index in [1.54, 1.807) is 12.1 Å². The highest BCUT2D eigenvalue weighted by Crippen LogP contribution is 2.24. The average Bonchev–Trinajstić information content (AvgIpc) is 2.59. The SMILES string of the molecule is O=C(Cn1ccc(=O)[nH]c1=O)Oc1ccc(-c2ccc(Br)cc2)cc1. The van der Waals surface area contributed by atoms with Crippen LogP contribution in [0.1, 0.15) is 0 Å². The summed E-state index contributed by atoms with van der Waals surface area (Å²) in [6.07, 6.45) is 1.25. The highest BCUT2D eigenvalue weighted by Gasteiger charge is 2.08. The molecule has 25 heavy (non-hydrogen) atoms. The van der Waals surface area contributed by atoms with Gasteiger partial charge in [0.05, 0.1) is 0 Å². The van der Waals surface area contributed by atoms with Crippen LogP contribution in [0.5, 0.6) is 5.75 Å². The summed E-state index contributed by atoms with van der Waals surface area (Å²) in [6.45, 7) is -0.288. The summed E-state index contributed by atoms with van der Waals surface area (Å²) < 4.78 is 7.28. The lowest BCUT2D eigenvalue weighted by atomic mass is 10.1. The number of aromatic amines is 1. The van der Waals surface area contributed by atoms with E-state index in [0.29, 0.717) is 5.75 Å². The molecule has 0 aliphatic heterocycles. The quantitative estimate of drug-likeness (QED) is 0.538. The average molecular weight is 401 g/mol. The van der Waals surface area contributed by atoms with Crippen molar-refractivity contribution in [3.05, 3.63) is 86.1 Å². The molecule has 1 aromatic heterocycles. The minimum atomic E-state index is -0.657. The molecular formula is C18H13BrN2O4. The summed E-state index contributed by atoms with van der Waals surface area (Å²) in [4.78, 5) is 36.6. The van der Waals surface area contributed by atoms with Crippen molar-refractivity contribution in [3.8, 4) is 16.9 Å². The predicted octanol–water partition coefficient (Wildman–Crippen LogP) is 2.57. The molecule has 2 aromatic carbocycles. The number of halogens is 1. The van der Waals surface area contributed by atoms with Gasteiger partial charge in [-0.05, 0) is 35.4 Å². The van der Waals surface area contributed by atoms with E-state index in [9.17, 15) is 14.4 Å². The van der Waals surface area contributed by atoms with Gasteiger partial charge in [0.2, 0.25) is 0 Å². The van der Waals surface area contributed by atoms with Gasteiger partial charge in [-0.15, -0.1) is 0 Å². The summed E-state index contributed by atoms with van der Waals surface area (Å²) in [5, 5.41) is 0. The van der Waals surface area contributed by atoms with Crippen molar-refractivity contribution in [1.82, 2.24) is 9.55 Å². The van der Waals surface area contributed by atoms with Crippen molar-refractivity contribution in [3.63, 3.8) is 0 Å². The van der Waals surface area contributed by atoms with Gasteiger partial charge in [-0.1, -0.05) is 40.2 Å². The number of benzene rings is 2. The van der Waals surface area contributed by atoms with Crippen LogP contribution in [-0.2, 0) is 11.3 Å². The Bertz CT molecular complexity index is 1000. The van der Waals surface area contributed by atoms with Crippen LogP contribution in [0.15, 0.2) is 74.9 Å². The topological polar surface area (TPSA) is 81.2 Å². The Morgan fingerprint density at radius 3 is 2.16 bits per heavy atom. The zero-order chi connectivity index (χ0) is 17.8. The second-order valence-electron chi connectivity index (χ2n) is 5.24. The fraction of sp³-hybridized carbons (Fsp3) is 0.0556. The van der Waals surface area contributed by atoms with Gasteiger partial charge >= 0.3 is 11.7 Å². The zero-order valence-corrected chi connectivity index (χ0v) is 14.5. The fourth-order valence-corrected chi connectivity index (χ4v) is 2.49. The van der Waals surface area contributed by atoms with E-state index >= 15 is 0 Å². The molecule has 0 bridgehead atoms. The summed E-state index contributed by atoms with van der Waals surface area (Å²) in [5.74, 6) is -0.228. The number of rotatable bonds is 4. The maximum atomic E-state index is 11.9. The van der Waals surface area contributed by atoms with Crippen LogP contribution in [0.25, 0.3) is 11.1 Å². The Morgan fingerprint density at radius 1 is 0.960 bits per heavy atom. The van der Waals surface area contributed by atoms with Crippen LogP contribution in [0.3, 0.4) is 0 Å². The van der Waals surface area contributed by atoms with Gasteiger partial charge in [0.15, 0.2) is 0 Å². The van der Waals surface area contributed by atoms with E-state index in [0.717, 1.165) is 20.2 Å². The molecule has 0 amide bonds. The van der Waals surface area contributed by atoms with E-state index in [1.165, 1.54) is 12.3 Å². The molecule has 1 N–H and O–H groups in total. The van der Waals surface area contributed by atoms with Crippen LogP contribution >= 0.6 is 15.9 Å². The van der Waals surface area contributed by atoms with Crippen LogP contribution in [0.2, 0.25) is 0 Å². The maximum absolute atomic E-state index is 11.9. The van der Waals surface area contributed by atoms with E-state index in [2.05, 4.69) is 20.9 Å². The number of hydrogen-bond acceptors (Lipinski definition) is 4. The molecular weight excluding hydrogens is 388 g/mol. The number of nitrogens with zero attached hydrogens (tertiary/aromatic N) is 1. The normalized spacial score (nSPS) is 10.4. The molecule has 0 saturated carbocycles. The van der Waals surface area contributed by atoms with Crippen LogP contribution in [0.4, 0.5) is 0 Å². The van der Waals surface area contributed by atoms with Crippen molar-refractivity contribution in [2.24, 2.45) is 0 Å². The molecule has 3 rings (SSSR count). The van der Waals surface area contributed by atoms with Crippen molar-refractivity contribution in [2.75, 3.05) is 0 Å². The van der Waals surface area contributed by atoms with E-state index in [4.69, 9.17) is 4.74 Å². The number of aromatic nitrogens is 2. The van der Waals surface area contributed by atoms with Crippen LogP contribution in [0, 0.1) is 0 Å². The number of esters is 1. The summed E-state index contributed by atoms with van der Waals surface area (Å²) in [5.41, 5.74) is 0.859. The molecule has 126 valence electrons. The number of ether oxygens (including phenoxy) is 1. The first-order valence-corrected chi connectivity index (χ1v) is 8.17. The monoisotopic (exact) mass is 400 g/mol. The third-order valence-electron chi connectivity index (χ3n) is 3.46. The number of carbonyl (C=O) groups excluding carboxylic acids is 1. The third-order valence-corrected chi connectivity index (χ3v) is 3.99. The Labute approximate surface area is 150 Å². The smallest absolute Gasteiger partial charge is 0.331 e. The van der Waals surface area contributed by atoms with Crippen molar-refractivity contribution >= 4 is 21.9 Å². The van der Waals surface area contributed by atoms with Gasteiger partial charge in [0, 0.05) is 16.7 Å². The van der Waals surface area contributed by atoms with Crippen molar-refractivity contribution in [1.29, 1.82) is 0 Å². The number of hydrogen-bond donors (Lipinski definition) is 1. The van der Waals surface area contributed by atoms with Gasteiger partial charge in [0.25, 0.3) is 5.56 Å². The number of H-pyrrole nitrogens is 1. The fourth-order valence-electron chi connectivity index (χ4n) is 2.23. The zero-order valence-electron chi connectivity index (χ0n) is 12.9. The molecule has 0 atom stereocenters. The first kappa shape index (κ1) is 16.9. The minimum absolute atomic E-state index is 0.288.